The molecule has 0 saturated heterocycles. The van der Waals surface area contributed by atoms with Gasteiger partial charge in [0.05, 0.1) is 5.75 Å². The minimum atomic E-state index is -3.12. The van der Waals surface area contributed by atoms with E-state index in [-0.39, 0.29) is 11.8 Å². The van der Waals surface area contributed by atoms with Crippen LogP contribution in [0.5, 0.6) is 0 Å². The van der Waals surface area contributed by atoms with Crippen LogP contribution >= 0.6 is 0 Å². The summed E-state index contributed by atoms with van der Waals surface area (Å²) >= 11 is 0. The fourth-order valence-electron chi connectivity index (χ4n) is 1.84. The van der Waals surface area contributed by atoms with Crippen LogP contribution in [0, 0.1) is 6.92 Å². The van der Waals surface area contributed by atoms with Crippen LogP contribution in [-0.4, -0.2) is 39.1 Å². The summed E-state index contributed by atoms with van der Waals surface area (Å²) in [5.74, 6) is 0.127. The number of rotatable bonds is 7. The molecular weight excluding hydrogens is 260 g/mol. The van der Waals surface area contributed by atoms with E-state index in [4.69, 9.17) is 0 Å². The average Bonchev–Trinajstić information content (AvgIpc) is 2.36. The lowest BCUT2D eigenvalue weighted by Gasteiger charge is -2.18. The standard InChI is InChI=1S/C14H24N2O2S/c1-5-14(13-8-6-12(2)7-9-13)15-10-11-19(17,18)16(3)4/h6-9,14-15H,5,10-11H2,1-4H3. The first-order chi connectivity index (χ1) is 8.86. The third kappa shape index (κ3) is 4.93. The van der Waals surface area contributed by atoms with Gasteiger partial charge in [0.15, 0.2) is 0 Å². The van der Waals surface area contributed by atoms with Gasteiger partial charge in [0, 0.05) is 26.7 Å². The Morgan fingerprint density at radius 1 is 1.21 bits per heavy atom. The van der Waals surface area contributed by atoms with E-state index >= 15 is 0 Å². The molecule has 1 unspecified atom stereocenters. The molecule has 0 aliphatic heterocycles. The van der Waals surface area contributed by atoms with Gasteiger partial charge in [-0.3, -0.25) is 0 Å². The first-order valence-corrected chi connectivity index (χ1v) is 8.18. The number of benzene rings is 1. The number of sulfonamides is 1. The molecule has 1 atom stereocenters. The van der Waals surface area contributed by atoms with Crippen LogP contribution in [0.1, 0.15) is 30.5 Å². The van der Waals surface area contributed by atoms with E-state index in [1.54, 1.807) is 14.1 Å². The summed E-state index contributed by atoms with van der Waals surface area (Å²) in [6.45, 7) is 4.62. The van der Waals surface area contributed by atoms with Crippen LogP contribution in [0.25, 0.3) is 0 Å². The fraction of sp³-hybridized carbons (Fsp3) is 0.571. The van der Waals surface area contributed by atoms with Crippen LogP contribution in [-0.2, 0) is 10.0 Å². The SMILES string of the molecule is CCC(NCCS(=O)(=O)N(C)C)c1ccc(C)cc1. The van der Waals surface area contributed by atoms with Crippen molar-refractivity contribution < 1.29 is 8.42 Å². The molecule has 19 heavy (non-hydrogen) atoms. The predicted octanol–water partition coefficient (Wildman–Crippen LogP) is 1.93. The van der Waals surface area contributed by atoms with E-state index in [1.165, 1.54) is 15.4 Å². The normalized spacial score (nSPS) is 13.7. The maximum atomic E-state index is 11.7. The molecule has 0 bridgehead atoms. The van der Waals surface area contributed by atoms with Gasteiger partial charge in [0.2, 0.25) is 10.0 Å². The summed E-state index contributed by atoms with van der Waals surface area (Å²) < 4.78 is 24.6. The van der Waals surface area contributed by atoms with E-state index in [2.05, 4.69) is 43.4 Å². The number of aryl methyl sites for hydroxylation is 1. The molecule has 5 heteroatoms. The van der Waals surface area contributed by atoms with E-state index < -0.39 is 10.0 Å². The zero-order chi connectivity index (χ0) is 14.5. The van der Waals surface area contributed by atoms with Gasteiger partial charge >= 0.3 is 0 Å². The van der Waals surface area contributed by atoms with E-state index in [0.717, 1.165) is 6.42 Å². The van der Waals surface area contributed by atoms with Crippen LogP contribution in [0.2, 0.25) is 0 Å². The highest BCUT2D eigenvalue weighted by atomic mass is 32.2. The molecule has 108 valence electrons. The van der Waals surface area contributed by atoms with Crippen molar-refractivity contribution >= 4 is 10.0 Å². The predicted molar refractivity (Wildman–Crippen MR) is 79.7 cm³/mol. The Hall–Kier alpha value is -0.910. The smallest absolute Gasteiger partial charge is 0.214 e. The van der Waals surface area contributed by atoms with Gasteiger partial charge in [-0.1, -0.05) is 36.8 Å². The summed E-state index contributed by atoms with van der Waals surface area (Å²) in [7, 11) is 0.00407. The molecule has 0 aromatic heterocycles. The molecule has 1 rings (SSSR count). The van der Waals surface area contributed by atoms with Crippen molar-refractivity contribution in [2.45, 2.75) is 26.3 Å². The van der Waals surface area contributed by atoms with Crippen LogP contribution in [0.4, 0.5) is 0 Å². The van der Waals surface area contributed by atoms with Crippen molar-refractivity contribution in [1.29, 1.82) is 0 Å². The Morgan fingerprint density at radius 3 is 2.26 bits per heavy atom. The third-order valence-corrected chi connectivity index (χ3v) is 5.03. The van der Waals surface area contributed by atoms with Gasteiger partial charge in [0.1, 0.15) is 0 Å². The van der Waals surface area contributed by atoms with E-state index in [0.29, 0.717) is 6.54 Å². The molecule has 0 spiro atoms. The van der Waals surface area contributed by atoms with Crippen molar-refractivity contribution in [2.24, 2.45) is 0 Å². The third-order valence-electron chi connectivity index (χ3n) is 3.20. The second-order valence-electron chi connectivity index (χ2n) is 4.92. The number of nitrogens with one attached hydrogen (secondary N) is 1. The quantitative estimate of drug-likeness (QED) is 0.832. The second kappa shape index (κ2) is 7.03. The summed E-state index contributed by atoms with van der Waals surface area (Å²) in [4.78, 5) is 0. The van der Waals surface area contributed by atoms with Crippen molar-refractivity contribution in [1.82, 2.24) is 9.62 Å². The zero-order valence-electron chi connectivity index (χ0n) is 12.2. The molecular formula is C14H24N2O2S. The van der Waals surface area contributed by atoms with Crippen LogP contribution < -0.4 is 5.32 Å². The maximum Gasteiger partial charge on any atom is 0.214 e. The molecule has 4 nitrogen and oxygen atoms in total. The number of hydrogen-bond donors (Lipinski definition) is 1. The van der Waals surface area contributed by atoms with Gasteiger partial charge in [-0.2, -0.15) is 0 Å². The van der Waals surface area contributed by atoms with E-state index in [9.17, 15) is 8.42 Å². The second-order valence-corrected chi connectivity index (χ2v) is 7.23. The molecule has 0 saturated carbocycles. The molecule has 1 aromatic rings. The highest BCUT2D eigenvalue weighted by Gasteiger charge is 2.14. The van der Waals surface area contributed by atoms with Gasteiger partial charge < -0.3 is 5.32 Å². The lowest BCUT2D eigenvalue weighted by molar-refractivity contribution is 0.503. The Kier molecular flexibility index (Phi) is 5.97. The minimum absolute atomic E-state index is 0.127. The molecule has 0 radical (unpaired) electrons. The fourth-order valence-corrected chi connectivity index (χ4v) is 2.58. The number of nitrogens with zero attached hydrogens (tertiary/aromatic N) is 1. The van der Waals surface area contributed by atoms with Crippen molar-refractivity contribution in [3.05, 3.63) is 35.4 Å². The van der Waals surface area contributed by atoms with Crippen LogP contribution in [0.3, 0.4) is 0 Å². The highest BCUT2D eigenvalue weighted by molar-refractivity contribution is 7.89. The zero-order valence-corrected chi connectivity index (χ0v) is 13.0. The van der Waals surface area contributed by atoms with Gasteiger partial charge in [0.25, 0.3) is 0 Å². The summed E-state index contributed by atoms with van der Waals surface area (Å²) in [6.07, 6.45) is 0.936. The van der Waals surface area contributed by atoms with Gasteiger partial charge in [-0.05, 0) is 18.9 Å². The summed E-state index contributed by atoms with van der Waals surface area (Å²) in [5.41, 5.74) is 2.43. The number of hydrogen-bond acceptors (Lipinski definition) is 3. The topological polar surface area (TPSA) is 49.4 Å². The van der Waals surface area contributed by atoms with E-state index in [1.807, 2.05) is 0 Å². The lowest BCUT2D eigenvalue weighted by Crippen LogP contribution is -2.32. The molecule has 0 fully saturated rings. The molecule has 0 heterocycles. The molecule has 1 N–H and O–H groups in total. The Balaban J connectivity index is 2.57. The maximum absolute atomic E-state index is 11.7. The monoisotopic (exact) mass is 284 g/mol. The Morgan fingerprint density at radius 2 is 1.79 bits per heavy atom. The lowest BCUT2D eigenvalue weighted by atomic mass is 10.0. The minimum Gasteiger partial charge on any atom is -0.309 e. The van der Waals surface area contributed by atoms with Crippen molar-refractivity contribution in [2.75, 3.05) is 26.4 Å². The average molecular weight is 284 g/mol. The molecule has 1 aromatic carbocycles. The van der Waals surface area contributed by atoms with Gasteiger partial charge in [-0.25, -0.2) is 12.7 Å². The molecule has 0 amide bonds. The summed E-state index contributed by atoms with van der Waals surface area (Å²) in [5, 5.41) is 3.31. The first-order valence-electron chi connectivity index (χ1n) is 6.57. The van der Waals surface area contributed by atoms with Crippen LogP contribution in [0.15, 0.2) is 24.3 Å². The van der Waals surface area contributed by atoms with Crippen molar-refractivity contribution in [3.63, 3.8) is 0 Å². The summed E-state index contributed by atoms with van der Waals surface area (Å²) in [6, 6.07) is 8.55. The van der Waals surface area contributed by atoms with Crippen molar-refractivity contribution in [3.8, 4) is 0 Å². The molecule has 0 aliphatic carbocycles. The Bertz CT molecular complexity index is 481. The first kappa shape index (κ1) is 16.1. The largest absolute Gasteiger partial charge is 0.309 e. The molecule has 0 aliphatic rings. The highest BCUT2D eigenvalue weighted by Crippen LogP contribution is 2.16. The van der Waals surface area contributed by atoms with Gasteiger partial charge in [-0.15, -0.1) is 0 Å². The Labute approximate surface area is 116 Å².